The van der Waals surface area contributed by atoms with Gasteiger partial charge in [-0.2, -0.15) is 4.98 Å². The number of aromatic nitrogens is 2. The highest BCUT2D eigenvalue weighted by atomic mass is 35.5. The Bertz CT molecular complexity index is 362. The Labute approximate surface area is 95.7 Å². The number of hydrogen-bond donors (Lipinski definition) is 1. The van der Waals surface area contributed by atoms with Crippen molar-refractivity contribution < 1.29 is 8.95 Å². The monoisotopic (exact) mass is 249 g/mol. The van der Waals surface area contributed by atoms with Crippen LogP contribution < -0.4 is 10.1 Å². The number of ether oxygens (including phenoxy) is 1. The molecule has 0 amide bonds. The quantitative estimate of drug-likeness (QED) is 0.841. The van der Waals surface area contributed by atoms with E-state index in [-0.39, 0.29) is 6.01 Å². The van der Waals surface area contributed by atoms with Crippen LogP contribution in [0.15, 0.2) is 6.20 Å². The lowest BCUT2D eigenvalue weighted by molar-refractivity contribution is 0.380. The van der Waals surface area contributed by atoms with Gasteiger partial charge in [0.25, 0.3) is 0 Å². The second-order valence-corrected chi connectivity index (χ2v) is 4.72. The molecule has 0 spiro atoms. The summed E-state index contributed by atoms with van der Waals surface area (Å²) in [5, 5.41) is 3.38. The molecule has 0 saturated heterocycles. The molecule has 5 nitrogen and oxygen atoms in total. The van der Waals surface area contributed by atoms with Gasteiger partial charge in [-0.05, 0) is 0 Å². The van der Waals surface area contributed by atoms with Crippen molar-refractivity contribution in [2.24, 2.45) is 0 Å². The van der Waals surface area contributed by atoms with Gasteiger partial charge < -0.3 is 10.1 Å². The van der Waals surface area contributed by atoms with Crippen molar-refractivity contribution in [2.75, 3.05) is 31.0 Å². The molecular formula is C8H12ClN3O2S. The smallest absolute Gasteiger partial charge is 0.318 e. The number of methoxy groups -OCH3 is 1. The molecule has 0 bridgehead atoms. The second kappa shape index (κ2) is 5.87. The molecule has 1 heterocycles. The molecule has 1 aromatic rings. The van der Waals surface area contributed by atoms with Gasteiger partial charge >= 0.3 is 6.01 Å². The van der Waals surface area contributed by atoms with Gasteiger partial charge in [0.2, 0.25) is 0 Å². The number of halogens is 1. The van der Waals surface area contributed by atoms with E-state index in [0.717, 1.165) is 0 Å². The molecule has 0 fully saturated rings. The van der Waals surface area contributed by atoms with Crippen LogP contribution in [0.2, 0.25) is 5.02 Å². The Morgan fingerprint density at radius 1 is 1.67 bits per heavy atom. The second-order valence-electron chi connectivity index (χ2n) is 2.76. The molecule has 1 rings (SSSR count). The first-order valence-corrected chi connectivity index (χ1v) is 6.34. The lowest BCUT2D eigenvalue weighted by Gasteiger charge is -2.06. The molecule has 15 heavy (non-hydrogen) atoms. The summed E-state index contributed by atoms with van der Waals surface area (Å²) in [4.78, 5) is 7.85. The Morgan fingerprint density at radius 3 is 3.00 bits per heavy atom. The highest BCUT2D eigenvalue weighted by molar-refractivity contribution is 7.84. The van der Waals surface area contributed by atoms with E-state index in [1.54, 1.807) is 6.26 Å². The van der Waals surface area contributed by atoms with Crippen molar-refractivity contribution in [1.82, 2.24) is 9.97 Å². The van der Waals surface area contributed by atoms with E-state index in [1.165, 1.54) is 13.3 Å². The maximum absolute atomic E-state index is 10.8. The third-order valence-electron chi connectivity index (χ3n) is 1.59. The molecular weight excluding hydrogens is 238 g/mol. The van der Waals surface area contributed by atoms with Gasteiger partial charge in [0, 0.05) is 29.4 Å². The first-order valence-electron chi connectivity index (χ1n) is 4.24. The molecule has 1 aromatic heterocycles. The Morgan fingerprint density at radius 2 is 2.40 bits per heavy atom. The van der Waals surface area contributed by atoms with Gasteiger partial charge in [-0.1, -0.05) is 11.6 Å². The summed E-state index contributed by atoms with van der Waals surface area (Å²) in [6.45, 7) is 0.545. The van der Waals surface area contributed by atoms with Crippen LogP contribution in [0.3, 0.4) is 0 Å². The summed E-state index contributed by atoms with van der Waals surface area (Å²) in [7, 11) is 0.647. The van der Waals surface area contributed by atoms with Crippen LogP contribution in [0, 0.1) is 0 Å². The molecule has 84 valence electrons. The van der Waals surface area contributed by atoms with Crippen LogP contribution in [-0.2, 0) is 10.8 Å². The van der Waals surface area contributed by atoms with Crippen LogP contribution in [-0.4, -0.2) is 39.8 Å². The van der Waals surface area contributed by atoms with Gasteiger partial charge in [0.15, 0.2) is 5.82 Å². The first-order chi connectivity index (χ1) is 7.13. The lowest BCUT2D eigenvalue weighted by atomic mass is 10.5. The van der Waals surface area contributed by atoms with Crippen LogP contribution >= 0.6 is 11.6 Å². The largest absolute Gasteiger partial charge is 0.467 e. The Balaban J connectivity index is 2.62. The van der Waals surface area contributed by atoms with Crippen molar-refractivity contribution in [1.29, 1.82) is 0 Å². The lowest BCUT2D eigenvalue weighted by Crippen LogP contribution is -2.11. The van der Waals surface area contributed by atoms with E-state index in [1.807, 2.05) is 0 Å². The summed E-state index contributed by atoms with van der Waals surface area (Å²) < 4.78 is 15.7. The van der Waals surface area contributed by atoms with Gasteiger partial charge in [-0.25, -0.2) is 4.98 Å². The summed E-state index contributed by atoms with van der Waals surface area (Å²) in [5.41, 5.74) is 0. The van der Waals surface area contributed by atoms with Gasteiger partial charge in [-0.15, -0.1) is 0 Å². The van der Waals surface area contributed by atoms with E-state index in [0.29, 0.717) is 23.1 Å². The van der Waals surface area contributed by atoms with Crippen molar-refractivity contribution >= 4 is 28.2 Å². The Hall–Kier alpha value is -0.880. The minimum absolute atomic E-state index is 0.250. The first kappa shape index (κ1) is 12.2. The van der Waals surface area contributed by atoms with Crippen molar-refractivity contribution in [3.63, 3.8) is 0 Å². The number of nitrogens with one attached hydrogen (secondary N) is 1. The third kappa shape index (κ3) is 4.01. The molecule has 1 N–H and O–H groups in total. The molecule has 0 aromatic carbocycles. The van der Waals surface area contributed by atoms with Gasteiger partial charge in [0.05, 0.1) is 13.3 Å². The van der Waals surface area contributed by atoms with E-state index in [9.17, 15) is 4.21 Å². The van der Waals surface area contributed by atoms with Crippen molar-refractivity contribution in [3.8, 4) is 6.01 Å². The number of nitrogens with zero attached hydrogens (tertiary/aromatic N) is 2. The number of anilines is 1. The third-order valence-corrected chi connectivity index (χ3v) is 2.64. The predicted molar refractivity (Wildman–Crippen MR) is 61.0 cm³/mol. The average Bonchev–Trinajstić information content (AvgIpc) is 2.20. The minimum atomic E-state index is -0.833. The maximum Gasteiger partial charge on any atom is 0.318 e. The molecule has 7 heteroatoms. The van der Waals surface area contributed by atoms with E-state index in [2.05, 4.69) is 15.3 Å². The zero-order chi connectivity index (χ0) is 11.3. The van der Waals surface area contributed by atoms with E-state index in [4.69, 9.17) is 16.3 Å². The summed E-state index contributed by atoms with van der Waals surface area (Å²) in [5.74, 6) is 1.04. The average molecular weight is 250 g/mol. The molecule has 1 atom stereocenters. The van der Waals surface area contributed by atoms with Crippen LogP contribution in [0.4, 0.5) is 5.82 Å². The standard InChI is InChI=1S/C8H12ClN3O2S/c1-14-8-11-5-6(9)7(12-8)10-3-4-15(2)13/h5H,3-4H2,1-2H3,(H,10,11,12). The zero-order valence-electron chi connectivity index (χ0n) is 8.49. The SMILES string of the molecule is COc1ncc(Cl)c(NCCS(C)=O)n1. The van der Waals surface area contributed by atoms with Crippen LogP contribution in [0.25, 0.3) is 0 Å². The minimum Gasteiger partial charge on any atom is -0.467 e. The molecule has 0 aliphatic carbocycles. The molecule has 0 radical (unpaired) electrons. The van der Waals surface area contributed by atoms with Crippen molar-refractivity contribution in [2.45, 2.75) is 0 Å². The topological polar surface area (TPSA) is 64.1 Å². The molecule has 1 unspecified atom stereocenters. The fourth-order valence-electron chi connectivity index (χ4n) is 0.886. The maximum atomic E-state index is 10.8. The van der Waals surface area contributed by atoms with Gasteiger partial charge in [-0.3, -0.25) is 4.21 Å². The van der Waals surface area contributed by atoms with Crippen LogP contribution in [0.1, 0.15) is 0 Å². The van der Waals surface area contributed by atoms with E-state index >= 15 is 0 Å². The fraction of sp³-hybridized carbons (Fsp3) is 0.500. The van der Waals surface area contributed by atoms with E-state index < -0.39 is 10.8 Å². The van der Waals surface area contributed by atoms with Crippen molar-refractivity contribution in [3.05, 3.63) is 11.2 Å². The number of rotatable bonds is 5. The van der Waals surface area contributed by atoms with Crippen LogP contribution in [0.5, 0.6) is 6.01 Å². The fourth-order valence-corrected chi connectivity index (χ4v) is 1.43. The molecule has 0 aliphatic rings. The number of hydrogen-bond acceptors (Lipinski definition) is 5. The predicted octanol–water partition coefficient (Wildman–Crippen LogP) is 0.929. The van der Waals surface area contributed by atoms with Gasteiger partial charge in [0.1, 0.15) is 5.02 Å². The normalized spacial score (nSPS) is 12.2. The molecule has 0 aliphatic heterocycles. The highest BCUT2D eigenvalue weighted by Gasteiger charge is 2.04. The Kier molecular flexibility index (Phi) is 4.77. The zero-order valence-corrected chi connectivity index (χ0v) is 10.1. The summed E-state index contributed by atoms with van der Waals surface area (Å²) in [6, 6.07) is 0.250. The highest BCUT2D eigenvalue weighted by Crippen LogP contribution is 2.19. The summed E-state index contributed by atoms with van der Waals surface area (Å²) in [6.07, 6.45) is 3.10. The summed E-state index contributed by atoms with van der Waals surface area (Å²) >= 11 is 5.85. The molecule has 0 saturated carbocycles.